The highest BCUT2D eigenvalue weighted by Gasteiger charge is 2.53. The van der Waals surface area contributed by atoms with E-state index in [0.717, 1.165) is 32.0 Å². The molecule has 3 saturated heterocycles. The summed E-state index contributed by atoms with van der Waals surface area (Å²) in [7, 11) is 0. The molecule has 10 heteroatoms. The van der Waals surface area contributed by atoms with Gasteiger partial charge in [-0.3, -0.25) is 0 Å². The zero-order chi connectivity index (χ0) is 44.8. The zero-order valence-corrected chi connectivity index (χ0v) is 38.2. The Kier molecular flexibility index (Phi) is 16.4. The Balaban J connectivity index is 1.04. The first kappa shape index (κ1) is 46.0. The van der Waals surface area contributed by atoms with Gasteiger partial charge in [-0.15, -0.1) is 0 Å². The monoisotopic (exact) mass is 918 g/mol. The Labute approximate surface area is 396 Å². The van der Waals surface area contributed by atoms with E-state index in [1.165, 1.54) is 0 Å². The maximum Gasteiger partial charge on any atom is 0.136 e. The van der Waals surface area contributed by atoms with Gasteiger partial charge in [-0.05, 0) is 46.5 Å². The standard InChI is InChI=1S/C56H54O8S2/c57-34-48-46(51(59-35-40-20-7-1-8-21-40)53(61-37-42-24-11-3-12-25-42)55(63-48)65-44-28-15-5-16-29-44)32-19-33-47-50-49(39-58-47)64-56(66-45-30-17-6-18-31-45)54(62-38-43-26-13-4-14-27-43)52(50)60-36-41-22-9-2-10-23-41/h1-18,20-31,33,46,48-57H,34-39H2/b47-33-/t46-,48-,49-,50+,51+,52+,53-,54-,55-,56-/m1/s1. The minimum Gasteiger partial charge on any atom is -0.494 e. The predicted molar refractivity (Wildman–Crippen MR) is 258 cm³/mol. The van der Waals surface area contributed by atoms with Crippen molar-refractivity contribution in [1.82, 2.24) is 0 Å². The second-order valence-electron chi connectivity index (χ2n) is 16.4. The normalized spacial score (nSPS) is 26.5. The molecule has 9 rings (SSSR count). The smallest absolute Gasteiger partial charge is 0.136 e. The average molecular weight is 919 g/mol. The molecule has 0 radical (unpaired) electrons. The minimum atomic E-state index is -0.668. The molecule has 0 aromatic heterocycles. The maximum atomic E-state index is 11.0. The molecule has 338 valence electrons. The van der Waals surface area contributed by atoms with Crippen molar-refractivity contribution in [3.05, 3.63) is 216 Å². The van der Waals surface area contributed by atoms with E-state index < -0.39 is 41.9 Å². The highest BCUT2D eigenvalue weighted by molar-refractivity contribution is 8.00. The third-order valence-corrected chi connectivity index (χ3v) is 14.1. The van der Waals surface area contributed by atoms with Crippen molar-refractivity contribution in [2.75, 3.05) is 13.2 Å². The molecule has 1 N–H and O–H groups in total. The number of thioether (sulfide) groups is 2. The second kappa shape index (κ2) is 23.5. The van der Waals surface area contributed by atoms with Crippen LogP contribution >= 0.6 is 23.5 Å². The SMILES string of the molecule is OC[C@H]1O[C@H](Sc2ccccc2)[C@H](OCc2ccccc2)[C@@H](OCc2ccccc2)[C@@H]1C#C/C=C1\OC[C@H]2O[C@H](Sc3ccccc3)[C@H](OCc3ccccc3)[C@@H](OCc3ccccc3)[C@@H]12. The van der Waals surface area contributed by atoms with Gasteiger partial charge in [0.25, 0.3) is 0 Å². The fourth-order valence-electron chi connectivity index (χ4n) is 8.52. The summed E-state index contributed by atoms with van der Waals surface area (Å²) in [6.45, 7) is 1.51. The molecule has 6 aromatic carbocycles. The Morgan fingerprint density at radius 2 is 0.894 bits per heavy atom. The van der Waals surface area contributed by atoms with E-state index in [4.69, 9.17) is 33.2 Å². The lowest BCUT2D eigenvalue weighted by Crippen LogP contribution is -2.56. The van der Waals surface area contributed by atoms with Gasteiger partial charge >= 0.3 is 0 Å². The van der Waals surface area contributed by atoms with Crippen LogP contribution in [-0.4, -0.2) is 65.8 Å². The molecule has 10 atom stereocenters. The number of hydrogen-bond donors (Lipinski definition) is 1. The number of allylic oxidation sites excluding steroid dienone is 1. The van der Waals surface area contributed by atoms with Gasteiger partial charge in [-0.1, -0.05) is 193 Å². The number of aliphatic hydroxyl groups excluding tert-OH is 1. The average Bonchev–Trinajstić information content (AvgIpc) is 3.78. The van der Waals surface area contributed by atoms with Gasteiger partial charge in [0.2, 0.25) is 0 Å². The van der Waals surface area contributed by atoms with E-state index in [-0.39, 0.29) is 24.1 Å². The lowest BCUT2D eigenvalue weighted by atomic mass is 9.88. The molecular formula is C56H54O8S2. The summed E-state index contributed by atoms with van der Waals surface area (Å²) in [5.74, 6) is 6.65. The molecule has 3 heterocycles. The van der Waals surface area contributed by atoms with Gasteiger partial charge in [0.1, 0.15) is 53.8 Å². The van der Waals surface area contributed by atoms with E-state index in [0.29, 0.717) is 38.8 Å². The van der Waals surface area contributed by atoms with Crippen LogP contribution < -0.4 is 0 Å². The molecule has 3 aliphatic heterocycles. The molecule has 0 unspecified atom stereocenters. The molecule has 8 nitrogen and oxygen atoms in total. The molecule has 6 aromatic rings. The van der Waals surface area contributed by atoms with Gasteiger partial charge in [0, 0.05) is 15.9 Å². The number of benzene rings is 6. The number of aliphatic hydroxyl groups is 1. The van der Waals surface area contributed by atoms with Crippen molar-refractivity contribution in [2.24, 2.45) is 11.8 Å². The summed E-state index contributed by atoms with van der Waals surface area (Å²) >= 11 is 3.19. The fourth-order valence-corrected chi connectivity index (χ4v) is 10.8. The topological polar surface area (TPSA) is 84.8 Å². The molecule has 0 saturated carbocycles. The molecule has 0 amide bonds. The van der Waals surface area contributed by atoms with Gasteiger partial charge in [-0.25, -0.2) is 0 Å². The van der Waals surface area contributed by atoms with Gasteiger partial charge in [0.15, 0.2) is 0 Å². The number of hydrogen-bond acceptors (Lipinski definition) is 10. The van der Waals surface area contributed by atoms with Gasteiger partial charge < -0.3 is 38.3 Å². The summed E-state index contributed by atoms with van der Waals surface area (Å²) in [4.78, 5) is 2.09. The van der Waals surface area contributed by atoms with Crippen LogP contribution in [-0.2, 0) is 59.6 Å². The first-order valence-electron chi connectivity index (χ1n) is 22.5. The third kappa shape index (κ3) is 12.0. The predicted octanol–water partition coefficient (Wildman–Crippen LogP) is 10.5. The van der Waals surface area contributed by atoms with Crippen LogP contribution in [0.3, 0.4) is 0 Å². The molecule has 0 bridgehead atoms. The van der Waals surface area contributed by atoms with E-state index in [2.05, 4.69) is 60.4 Å². The first-order chi connectivity index (χ1) is 32.7. The summed E-state index contributed by atoms with van der Waals surface area (Å²) in [6.07, 6.45) is -1.19. The van der Waals surface area contributed by atoms with Crippen LogP contribution in [0.2, 0.25) is 0 Å². The Bertz CT molecular complexity index is 2450. The summed E-state index contributed by atoms with van der Waals surface area (Å²) in [5, 5.41) is 11.0. The van der Waals surface area contributed by atoms with E-state index in [9.17, 15) is 5.11 Å². The molecule has 66 heavy (non-hydrogen) atoms. The van der Waals surface area contributed by atoms with Crippen LogP contribution in [0.15, 0.2) is 204 Å². The summed E-state index contributed by atoms with van der Waals surface area (Å²) < 4.78 is 47.7. The Hall–Kier alpha value is -5.16. The van der Waals surface area contributed by atoms with Crippen LogP contribution in [0, 0.1) is 23.7 Å². The summed E-state index contributed by atoms with van der Waals surface area (Å²) in [6, 6.07) is 60.9. The van der Waals surface area contributed by atoms with Crippen molar-refractivity contribution in [3.63, 3.8) is 0 Å². The fraction of sp³-hybridized carbons (Fsp3) is 0.286. The van der Waals surface area contributed by atoms with Crippen LogP contribution in [0.1, 0.15) is 22.3 Å². The third-order valence-electron chi connectivity index (χ3n) is 11.8. The molecule has 0 aliphatic carbocycles. The number of ether oxygens (including phenoxy) is 7. The zero-order valence-electron chi connectivity index (χ0n) is 36.5. The molecule has 3 fully saturated rings. The molecule has 0 spiro atoms. The van der Waals surface area contributed by atoms with Crippen molar-refractivity contribution in [2.45, 2.75) is 83.7 Å². The first-order valence-corrected chi connectivity index (χ1v) is 24.3. The number of rotatable bonds is 17. The van der Waals surface area contributed by atoms with Crippen molar-refractivity contribution in [1.29, 1.82) is 0 Å². The lowest BCUT2D eigenvalue weighted by molar-refractivity contribution is -0.206. The van der Waals surface area contributed by atoms with Crippen LogP contribution in [0.5, 0.6) is 0 Å². The van der Waals surface area contributed by atoms with Gasteiger partial charge in [0.05, 0.1) is 51.0 Å². The van der Waals surface area contributed by atoms with E-state index in [1.54, 1.807) is 23.5 Å². The molecule has 3 aliphatic rings. The second-order valence-corrected chi connectivity index (χ2v) is 18.7. The summed E-state index contributed by atoms with van der Waals surface area (Å²) in [5.41, 5.74) is 3.28. The van der Waals surface area contributed by atoms with Gasteiger partial charge in [-0.2, -0.15) is 0 Å². The van der Waals surface area contributed by atoms with E-state index in [1.807, 2.05) is 140 Å². The van der Waals surface area contributed by atoms with Crippen molar-refractivity contribution < 1.29 is 38.3 Å². The van der Waals surface area contributed by atoms with Crippen molar-refractivity contribution >= 4 is 23.5 Å². The molecular weight excluding hydrogens is 865 g/mol. The number of fused-ring (bicyclic) bond motifs is 1. The van der Waals surface area contributed by atoms with E-state index >= 15 is 0 Å². The highest BCUT2D eigenvalue weighted by Crippen LogP contribution is 2.45. The maximum absolute atomic E-state index is 11.0. The van der Waals surface area contributed by atoms with Crippen LogP contribution in [0.4, 0.5) is 0 Å². The quantitative estimate of drug-likeness (QED) is 0.0893. The lowest BCUT2D eigenvalue weighted by Gasteiger charge is -2.44. The largest absolute Gasteiger partial charge is 0.494 e. The van der Waals surface area contributed by atoms with Crippen LogP contribution in [0.25, 0.3) is 0 Å². The van der Waals surface area contributed by atoms with Crippen molar-refractivity contribution in [3.8, 4) is 11.8 Å². The minimum absolute atomic E-state index is 0.260. The highest BCUT2D eigenvalue weighted by atomic mass is 32.2. The Morgan fingerprint density at radius 3 is 1.35 bits per heavy atom. The Morgan fingerprint density at radius 1 is 0.500 bits per heavy atom.